The van der Waals surface area contributed by atoms with E-state index >= 15 is 0 Å². The van der Waals surface area contributed by atoms with E-state index in [-0.39, 0.29) is 16.0 Å². The summed E-state index contributed by atoms with van der Waals surface area (Å²) in [6.07, 6.45) is 1.11. The van der Waals surface area contributed by atoms with Crippen molar-refractivity contribution in [3.05, 3.63) is 0 Å². The zero-order valence-corrected chi connectivity index (χ0v) is 18.9. The molecule has 2 atom stereocenters. The van der Waals surface area contributed by atoms with Gasteiger partial charge in [0.05, 0.1) is 0 Å². The van der Waals surface area contributed by atoms with Gasteiger partial charge in [0.15, 0.2) is 16.6 Å². The third-order valence-electron chi connectivity index (χ3n) is 6.44. The predicted octanol–water partition coefficient (Wildman–Crippen LogP) is 5.09. The fourth-order valence-electron chi connectivity index (χ4n) is 2.19. The van der Waals surface area contributed by atoms with E-state index < -0.39 is 16.6 Å². The van der Waals surface area contributed by atoms with E-state index in [4.69, 9.17) is 8.85 Å². The number of hydrogen-bond donors (Lipinski definition) is 0. The Morgan fingerprint density at radius 2 is 1.09 bits per heavy atom. The van der Waals surface area contributed by atoms with Crippen LogP contribution in [0, 0.1) is 17.8 Å². The second-order valence-electron chi connectivity index (χ2n) is 10.2. The van der Waals surface area contributed by atoms with E-state index in [0.29, 0.717) is 25.0 Å². The molecule has 5 heteroatoms. The molecule has 23 heavy (non-hydrogen) atoms. The molecular formula is C18H38O3Si2. The lowest BCUT2D eigenvalue weighted by Gasteiger charge is -2.36. The minimum atomic E-state index is -1.74. The minimum Gasteiger partial charge on any atom is -0.417 e. The van der Waals surface area contributed by atoms with E-state index in [0.717, 1.165) is 6.29 Å². The Labute approximate surface area is 145 Å². The van der Waals surface area contributed by atoms with Crippen molar-refractivity contribution < 1.29 is 13.6 Å². The van der Waals surface area contributed by atoms with Gasteiger partial charge in [-0.15, -0.1) is 0 Å². The fourth-order valence-corrected chi connectivity index (χ4v) is 4.27. The van der Waals surface area contributed by atoms with Gasteiger partial charge in [-0.1, -0.05) is 41.5 Å². The second-order valence-corrected chi connectivity index (χ2v) is 19.8. The molecule has 0 aliphatic heterocycles. The van der Waals surface area contributed by atoms with Crippen molar-refractivity contribution in [3.8, 4) is 0 Å². The van der Waals surface area contributed by atoms with Crippen molar-refractivity contribution in [1.29, 1.82) is 0 Å². The third-order valence-corrected chi connectivity index (χ3v) is 15.4. The Kier molecular flexibility index (Phi) is 6.17. The van der Waals surface area contributed by atoms with Crippen LogP contribution in [0.25, 0.3) is 0 Å². The topological polar surface area (TPSA) is 35.5 Å². The average molecular weight is 359 g/mol. The summed E-state index contributed by atoms with van der Waals surface area (Å²) in [6, 6.07) is 0. The van der Waals surface area contributed by atoms with Gasteiger partial charge in [-0.2, -0.15) is 0 Å². The number of carbonyl (C=O) groups excluding carboxylic acids is 1. The van der Waals surface area contributed by atoms with Gasteiger partial charge >= 0.3 is 0 Å². The lowest BCUT2D eigenvalue weighted by molar-refractivity contribution is -0.109. The molecule has 1 aliphatic rings. The molecule has 0 amide bonds. The first-order valence-corrected chi connectivity index (χ1v) is 14.7. The molecule has 0 N–H and O–H groups in total. The monoisotopic (exact) mass is 358 g/mol. The van der Waals surface area contributed by atoms with E-state index in [1.54, 1.807) is 0 Å². The van der Waals surface area contributed by atoms with Gasteiger partial charge in [0, 0.05) is 19.1 Å². The summed E-state index contributed by atoms with van der Waals surface area (Å²) in [5, 5.41) is 0.428. The third kappa shape index (κ3) is 5.00. The molecule has 0 spiro atoms. The van der Waals surface area contributed by atoms with Gasteiger partial charge in [0.2, 0.25) is 0 Å². The standard InChI is InChI=1S/C18H38O3Si2/c1-17(2,3)22(7,8)20-12-15-14(11-19)16(15)13-21-23(9,10)18(4,5)6/h11,14-16H,12-13H2,1-10H3. The molecule has 1 rings (SSSR count). The van der Waals surface area contributed by atoms with E-state index in [2.05, 4.69) is 67.7 Å². The van der Waals surface area contributed by atoms with Crippen LogP contribution in [0.15, 0.2) is 0 Å². The van der Waals surface area contributed by atoms with Crippen molar-refractivity contribution in [2.45, 2.75) is 77.8 Å². The van der Waals surface area contributed by atoms with Crippen LogP contribution in [0.5, 0.6) is 0 Å². The van der Waals surface area contributed by atoms with Gasteiger partial charge < -0.3 is 13.6 Å². The zero-order valence-electron chi connectivity index (χ0n) is 16.9. The summed E-state index contributed by atoms with van der Waals surface area (Å²) in [7, 11) is -3.47. The Hall–Kier alpha value is 0.0238. The van der Waals surface area contributed by atoms with Crippen LogP contribution in [0.1, 0.15) is 41.5 Å². The molecule has 0 saturated heterocycles. The zero-order chi connectivity index (χ0) is 18.3. The Morgan fingerprint density at radius 3 is 1.30 bits per heavy atom. The summed E-state index contributed by atoms with van der Waals surface area (Å²) in [6.45, 7) is 24.0. The molecule has 0 radical (unpaired) electrons. The smallest absolute Gasteiger partial charge is 0.191 e. The molecule has 136 valence electrons. The van der Waals surface area contributed by atoms with Crippen LogP contribution in [0.3, 0.4) is 0 Å². The molecule has 0 aromatic carbocycles. The normalized spacial score (nSPS) is 26.3. The number of rotatable bonds is 7. The van der Waals surface area contributed by atoms with E-state index in [9.17, 15) is 4.79 Å². The van der Waals surface area contributed by atoms with Crippen LogP contribution in [0.2, 0.25) is 36.3 Å². The molecule has 3 nitrogen and oxygen atoms in total. The van der Waals surface area contributed by atoms with Crippen LogP contribution in [0.4, 0.5) is 0 Å². The first-order valence-electron chi connectivity index (χ1n) is 8.87. The van der Waals surface area contributed by atoms with Crippen LogP contribution in [-0.2, 0) is 13.6 Å². The number of hydrogen-bond acceptors (Lipinski definition) is 3. The summed E-state index contributed by atoms with van der Waals surface area (Å²) in [5.74, 6) is 0.835. The Bertz CT molecular complexity index is 383. The lowest BCUT2D eigenvalue weighted by Crippen LogP contribution is -2.42. The van der Waals surface area contributed by atoms with Crippen molar-refractivity contribution in [2.24, 2.45) is 17.8 Å². The van der Waals surface area contributed by atoms with Crippen LogP contribution in [-0.4, -0.2) is 36.1 Å². The number of carbonyl (C=O) groups is 1. The van der Waals surface area contributed by atoms with Crippen LogP contribution >= 0.6 is 0 Å². The molecule has 0 heterocycles. The SMILES string of the molecule is CC(C)(C)[Si](C)(C)OCC1C(C=O)C1CO[Si](C)(C)C(C)(C)C. The summed E-state index contributed by atoms with van der Waals surface area (Å²) in [5.41, 5.74) is 0. The minimum absolute atomic E-state index is 0.129. The highest BCUT2D eigenvalue weighted by Crippen LogP contribution is 2.48. The summed E-state index contributed by atoms with van der Waals surface area (Å²) < 4.78 is 12.6. The van der Waals surface area contributed by atoms with Gasteiger partial charge in [0.25, 0.3) is 0 Å². The van der Waals surface area contributed by atoms with Gasteiger partial charge in [0.1, 0.15) is 6.29 Å². The predicted molar refractivity (Wildman–Crippen MR) is 103 cm³/mol. The molecule has 1 saturated carbocycles. The highest BCUT2D eigenvalue weighted by Gasteiger charge is 2.52. The second kappa shape index (κ2) is 6.73. The first-order chi connectivity index (χ1) is 10.1. The molecule has 0 aromatic heterocycles. The highest BCUT2D eigenvalue weighted by molar-refractivity contribution is 6.74. The van der Waals surface area contributed by atoms with Crippen LogP contribution < -0.4 is 0 Å². The van der Waals surface area contributed by atoms with Gasteiger partial charge in [-0.25, -0.2) is 0 Å². The molecular weight excluding hydrogens is 320 g/mol. The maximum absolute atomic E-state index is 11.3. The van der Waals surface area contributed by atoms with Crippen molar-refractivity contribution in [2.75, 3.05) is 13.2 Å². The maximum atomic E-state index is 11.3. The first kappa shape index (κ1) is 21.1. The lowest BCUT2D eigenvalue weighted by atomic mass is 10.2. The Morgan fingerprint density at radius 1 is 0.783 bits per heavy atom. The largest absolute Gasteiger partial charge is 0.417 e. The average Bonchev–Trinajstić information content (AvgIpc) is 3.03. The molecule has 2 unspecified atom stereocenters. The Balaban J connectivity index is 2.56. The van der Waals surface area contributed by atoms with E-state index in [1.165, 1.54) is 0 Å². The molecule has 1 fully saturated rings. The van der Waals surface area contributed by atoms with Crippen molar-refractivity contribution >= 4 is 22.9 Å². The number of aldehydes is 1. The summed E-state index contributed by atoms with van der Waals surface area (Å²) in [4.78, 5) is 11.3. The van der Waals surface area contributed by atoms with Gasteiger partial charge in [-0.3, -0.25) is 0 Å². The highest BCUT2D eigenvalue weighted by atomic mass is 28.4. The quantitative estimate of drug-likeness (QED) is 0.469. The molecule has 1 aliphatic carbocycles. The van der Waals surface area contributed by atoms with Crippen molar-refractivity contribution in [1.82, 2.24) is 0 Å². The maximum Gasteiger partial charge on any atom is 0.191 e. The summed E-state index contributed by atoms with van der Waals surface area (Å²) >= 11 is 0. The molecule has 0 bridgehead atoms. The van der Waals surface area contributed by atoms with E-state index in [1.807, 2.05) is 0 Å². The van der Waals surface area contributed by atoms with Crippen molar-refractivity contribution in [3.63, 3.8) is 0 Å². The van der Waals surface area contributed by atoms with Gasteiger partial charge in [-0.05, 0) is 48.1 Å². The molecule has 0 aromatic rings. The fraction of sp³-hybridized carbons (Fsp3) is 0.944.